The van der Waals surface area contributed by atoms with E-state index in [1.807, 2.05) is 0 Å². The maximum atomic E-state index is 11.9. The van der Waals surface area contributed by atoms with Crippen LogP contribution in [0.1, 0.15) is 36.5 Å². The second kappa shape index (κ2) is 9.33. The van der Waals surface area contributed by atoms with Crippen LogP contribution < -0.4 is 10.6 Å². The second-order valence-corrected chi connectivity index (χ2v) is 4.25. The van der Waals surface area contributed by atoms with Crippen molar-refractivity contribution in [1.29, 1.82) is 0 Å². The molecule has 106 valence electrons. The van der Waals surface area contributed by atoms with Gasteiger partial charge >= 0.3 is 0 Å². The highest BCUT2D eigenvalue weighted by atomic mass is 16.5. The normalized spacial score (nSPS) is 10.2. The molecule has 1 rings (SSSR count). The number of ether oxygens (including phenoxy) is 1. The van der Waals surface area contributed by atoms with E-state index in [1.54, 1.807) is 25.5 Å². The standard InChI is InChI=1S/C14H23N3O2/c1-3-4-9-19-10-5-7-17-14(18)12-11-16-8-6-13(12)15-2/h6,8,11H,3-5,7,9-10H2,1-2H3,(H,15,16)(H,17,18). The highest BCUT2D eigenvalue weighted by Crippen LogP contribution is 2.11. The SMILES string of the molecule is CCCCOCCCNC(=O)c1cnccc1NC. The molecule has 0 saturated carbocycles. The summed E-state index contributed by atoms with van der Waals surface area (Å²) < 4.78 is 5.43. The first-order chi connectivity index (χ1) is 9.29. The summed E-state index contributed by atoms with van der Waals surface area (Å²) in [5, 5.41) is 5.84. The summed E-state index contributed by atoms with van der Waals surface area (Å²) in [5.74, 6) is -0.106. The molecule has 1 aromatic heterocycles. The summed E-state index contributed by atoms with van der Waals surface area (Å²) in [6.45, 7) is 4.24. The zero-order chi connectivity index (χ0) is 13.9. The minimum atomic E-state index is -0.106. The van der Waals surface area contributed by atoms with Gasteiger partial charge in [0.05, 0.1) is 5.56 Å². The van der Waals surface area contributed by atoms with Gasteiger partial charge in [0.25, 0.3) is 5.91 Å². The molecule has 0 aliphatic rings. The van der Waals surface area contributed by atoms with E-state index in [-0.39, 0.29) is 5.91 Å². The lowest BCUT2D eigenvalue weighted by Gasteiger charge is -2.09. The molecule has 2 N–H and O–H groups in total. The largest absolute Gasteiger partial charge is 0.387 e. The topological polar surface area (TPSA) is 63.2 Å². The van der Waals surface area contributed by atoms with Gasteiger partial charge in [-0.15, -0.1) is 0 Å². The van der Waals surface area contributed by atoms with Crippen LogP contribution in [0.2, 0.25) is 0 Å². The summed E-state index contributed by atoms with van der Waals surface area (Å²) in [4.78, 5) is 15.9. The fraction of sp³-hybridized carbons (Fsp3) is 0.571. The Kier molecular flexibility index (Phi) is 7.58. The predicted molar refractivity (Wildman–Crippen MR) is 76.5 cm³/mol. The number of carbonyl (C=O) groups excluding carboxylic acids is 1. The molecule has 0 fully saturated rings. The van der Waals surface area contributed by atoms with Gasteiger partial charge in [-0.3, -0.25) is 9.78 Å². The van der Waals surface area contributed by atoms with E-state index < -0.39 is 0 Å². The molecule has 1 heterocycles. The van der Waals surface area contributed by atoms with Gasteiger partial charge in [0, 0.05) is 44.9 Å². The molecule has 0 unspecified atom stereocenters. The third-order valence-corrected chi connectivity index (χ3v) is 2.73. The van der Waals surface area contributed by atoms with Crippen LogP contribution in [0, 0.1) is 0 Å². The van der Waals surface area contributed by atoms with Crippen molar-refractivity contribution in [3.63, 3.8) is 0 Å². The zero-order valence-corrected chi connectivity index (χ0v) is 11.7. The van der Waals surface area contributed by atoms with Crippen molar-refractivity contribution in [2.75, 3.05) is 32.1 Å². The van der Waals surface area contributed by atoms with Crippen LogP contribution in [0.15, 0.2) is 18.5 Å². The number of carbonyl (C=O) groups is 1. The molecule has 0 aromatic carbocycles. The zero-order valence-electron chi connectivity index (χ0n) is 11.7. The Labute approximate surface area is 114 Å². The number of hydrogen-bond donors (Lipinski definition) is 2. The van der Waals surface area contributed by atoms with Gasteiger partial charge in [0.1, 0.15) is 0 Å². The molecule has 1 aromatic rings. The number of hydrogen-bond acceptors (Lipinski definition) is 4. The molecule has 19 heavy (non-hydrogen) atoms. The summed E-state index contributed by atoms with van der Waals surface area (Å²) >= 11 is 0. The Morgan fingerprint density at radius 3 is 2.89 bits per heavy atom. The van der Waals surface area contributed by atoms with Crippen LogP contribution in [-0.2, 0) is 4.74 Å². The van der Waals surface area contributed by atoms with Crippen molar-refractivity contribution >= 4 is 11.6 Å². The third kappa shape index (κ3) is 5.70. The van der Waals surface area contributed by atoms with Gasteiger partial charge in [-0.2, -0.15) is 0 Å². The fourth-order valence-electron chi connectivity index (χ4n) is 1.61. The number of pyridine rings is 1. The van der Waals surface area contributed by atoms with E-state index in [0.29, 0.717) is 18.7 Å². The quantitative estimate of drug-likeness (QED) is 0.671. The summed E-state index contributed by atoms with van der Waals surface area (Å²) in [7, 11) is 1.79. The van der Waals surface area contributed by atoms with Crippen LogP contribution in [0.4, 0.5) is 5.69 Å². The number of amides is 1. The van der Waals surface area contributed by atoms with Crippen molar-refractivity contribution in [3.05, 3.63) is 24.0 Å². The van der Waals surface area contributed by atoms with Gasteiger partial charge < -0.3 is 15.4 Å². The van der Waals surface area contributed by atoms with Gasteiger partial charge in [-0.1, -0.05) is 13.3 Å². The van der Waals surface area contributed by atoms with E-state index >= 15 is 0 Å². The van der Waals surface area contributed by atoms with Crippen molar-refractivity contribution in [2.24, 2.45) is 0 Å². The van der Waals surface area contributed by atoms with Crippen molar-refractivity contribution in [1.82, 2.24) is 10.3 Å². The molecule has 0 saturated heterocycles. The van der Waals surface area contributed by atoms with Gasteiger partial charge in [0.2, 0.25) is 0 Å². The minimum Gasteiger partial charge on any atom is -0.387 e. The molecule has 5 heteroatoms. The first-order valence-electron chi connectivity index (χ1n) is 6.77. The van der Waals surface area contributed by atoms with Crippen LogP contribution in [0.3, 0.4) is 0 Å². The van der Waals surface area contributed by atoms with E-state index in [1.165, 1.54) is 0 Å². The molecule has 0 radical (unpaired) electrons. The van der Waals surface area contributed by atoms with E-state index in [0.717, 1.165) is 31.6 Å². The maximum absolute atomic E-state index is 11.9. The first kappa shape index (κ1) is 15.4. The predicted octanol–water partition coefficient (Wildman–Crippen LogP) is 2.06. The Balaban J connectivity index is 2.24. The number of anilines is 1. The Bertz CT molecular complexity index is 383. The molecule has 0 aliphatic heterocycles. The summed E-state index contributed by atoms with van der Waals surface area (Å²) in [5.41, 5.74) is 1.35. The number of unbranched alkanes of at least 4 members (excludes halogenated alkanes) is 1. The lowest BCUT2D eigenvalue weighted by molar-refractivity contribution is 0.0941. The van der Waals surface area contributed by atoms with Crippen molar-refractivity contribution in [3.8, 4) is 0 Å². The summed E-state index contributed by atoms with van der Waals surface area (Å²) in [6, 6.07) is 1.78. The molecule has 0 spiro atoms. The lowest BCUT2D eigenvalue weighted by Crippen LogP contribution is -2.26. The molecule has 0 aliphatic carbocycles. The highest BCUT2D eigenvalue weighted by Gasteiger charge is 2.09. The van der Waals surface area contributed by atoms with Gasteiger partial charge in [-0.25, -0.2) is 0 Å². The fourth-order valence-corrected chi connectivity index (χ4v) is 1.61. The van der Waals surface area contributed by atoms with E-state index in [9.17, 15) is 4.79 Å². The van der Waals surface area contributed by atoms with Crippen LogP contribution in [0.5, 0.6) is 0 Å². The monoisotopic (exact) mass is 265 g/mol. The number of aromatic nitrogens is 1. The maximum Gasteiger partial charge on any atom is 0.254 e. The minimum absolute atomic E-state index is 0.106. The Morgan fingerprint density at radius 2 is 2.16 bits per heavy atom. The average molecular weight is 265 g/mol. The Hall–Kier alpha value is -1.62. The molecule has 1 amide bonds. The van der Waals surface area contributed by atoms with E-state index in [4.69, 9.17) is 4.74 Å². The van der Waals surface area contributed by atoms with Crippen LogP contribution in [0.25, 0.3) is 0 Å². The van der Waals surface area contributed by atoms with Gasteiger partial charge in [-0.05, 0) is 18.9 Å². The number of rotatable bonds is 9. The second-order valence-electron chi connectivity index (χ2n) is 4.25. The average Bonchev–Trinajstić information content (AvgIpc) is 2.46. The lowest BCUT2D eigenvalue weighted by atomic mass is 10.2. The molecule has 0 bridgehead atoms. The molecular weight excluding hydrogens is 242 g/mol. The number of nitrogens with one attached hydrogen (secondary N) is 2. The first-order valence-corrected chi connectivity index (χ1v) is 6.77. The van der Waals surface area contributed by atoms with Crippen LogP contribution in [-0.4, -0.2) is 37.7 Å². The van der Waals surface area contributed by atoms with Crippen LogP contribution >= 0.6 is 0 Å². The molecule has 0 atom stereocenters. The molecular formula is C14H23N3O2. The van der Waals surface area contributed by atoms with Crippen molar-refractivity contribution in [2.45, 2.75) is 26.2 Å². The highest BCUT2D eigenvalue weighted by molar-refractivity contribution is 5.99. The van der Waals surface area contributed by atoms with Gasteiger partial charge in [0.15, 0.2) is 0 Å². The molecule has 5 nitrogen and oxygen atoms in total. The van der Waals surface area contributed by atoms with E-state index in [2.05, 4.69) is 22.5 Å². The van der Waals surface area contributed by atoms with Crippen molar-refractivity contribution < 1.29 is 9.53 Å². The third-order valence-electron chi connectivity index (χ3n) is 2.73. The Morgan fingerprint density at radius 1 is 1.37 bits per heavy atom. The number of nitrogens with zero attached hydrogens (tertiary/aromatic N) is 1. The summed E-state index contributed by atoms with van der Waals surface area (Å²) in [6.07, 6.45) is 6.28. The smallest absolute Gasteiger partial charge is 0.254 e.